The average Bonchev–Trinajstić information content (AvgIpc) is 3.02. The average molecular weight is 709 g/mol. The fraction of sp³-hybridized carbons (Fsp3) is 0.400. The van der Waals surface area contributed by atoms with E-state index >= 15 is 0 Å². The van der Waals surface area contributed by atoms with Crippen molar-refractivity contribution in [3.8, 4) is 11.5 Å². The number of benzene rings is 2. The zero-order valence-corrected chi connectivity index (χ0v) is 27.1. The third-order valence-electron chi connectivity index (χ3n) is 6.83. The molecule has 17 heteroatoms. The van der Waals surface area contributed by atoms with Crippen LogP contribution >= 0.6 is 24.0 Å². The van der Waals surface area contributed by atoms with Crippen LogP contribution in [-0.2, 0) is 19.1 Å². The Morgan fingerprint density at radius 3 is 2.34 bits per heavy atom. The number of hydrogen-bond donors (Lipinski definition) is 3. The Bertz CT molecular complexity index is 1500. The summed E-state index contributed by atoms with van der Waals surface area (Å²) in [5, 5.41) is 27.4. The molecule has 2 aromatic carbocycles. The number of carbonyl (C=O) groups excluding carboxylic acids is 2. The van der Waals surface area contributed by atoms with Gasteiger partial charge in [-0.05, 0) is 44.5 Å². The van der Waals surface area contributed by atoms with E-state index in [9.17, 15) is 38.0 Å². The quantitative estimate of drug-likeness (QED) is 0.0992. The van der Waals surface area contributed by atoms with Gasteiger partial charge in [0, 0.05) is 29.9 Å². The topological polar surface area (TPSA) is 158 Å². The molecule has 0 saturated heterocycles. The lowest BCUT2D eigenvalue weighted by atomic mass is 9.79. The van der Waals surface area contributed by atoms with Crippen molar-refractivity contribution in [3.05, 3.63) is 85.7 Å². The number of esters is 2. The Morgan fingerprint density at radius 1 is 1.06 bits per heavy atom. The molecule has 0 amide bonds. The molecular formula is C30H34Cl2F3N3O9. The molecule has 12 nitrogen and oxygen atoms in total. The second-order valence-corrected chi connectivity index (χ2v) is 10.4. The summed E-state index contributed by atoms with van der Waals surface area (Å²) >= 11 is 6.03. The largest absolute Gasteiger partial charge is 0.493 e. The molecule has 0 bridgehead atoms. The Hall–Kier alpha value is -4.05. The molecular weight excluding hydrogens is 674 g/mol. The van der Waals surface area contributed by atoms with Gasteiger partial charge in [-0.1, -0.05) is 23.7 Å². The van der Waals surface area contributed by atoms with Gasteiger partial charge in [0.2, 0.25) is 0 Å². The van der Waals surface area contributed by atoms with Gasteiger partial charge in [-0.15, -0.1) is 12.4 Å². The zero-order chi connectivity index (χ0) is 34.0. The normalized spacial score (nSPS) is 15.3. The molecule has 0 fully saturated rings. The summed E-state index contributed by atoms with van der Waals surface area (Å²) in [6, 6.07) is 10.1. The molecule has 258 valence electrons. The Balaban J connectivity index is 0.00000768. The van der Waals surface area contributed by atoms with Crippen LogP contribution in [0.25, 0.3) is 0 Å². The van der Waals surface area contributed by atoms with Gasteiger partial charge >= 0.3 is 18.1 Å². The van der Waals surface area contributed by atoms with Crippen molar-refractivity contribution in [2.24, 2.45) is 0 Å². The minimum Gasteiger partial charge on any atom is -0.493 e. The molecule has 47 heavy (non-hydrogen) atoms. The standard InChI is InChI=1S/C30H33ClF3N3O9.ClH/c1-17-24(28(39)43-2)25(26(29(40)44-3)27(36-17)30(32,33)34)20-14-18(37(41)42)10-11-22(20)45-13-7-6-12-35-15-19(38)16-46-23-9-5-4-8-21(23)31;/h4-5,8-11,14,19,25,35-36,38H,6-7,12-13,15-16H2,1-3H3;1H. The van der Waals surface area contributed by atoms with Gasteiger partial charge in [-0.3, -0.25) is 10.1 Å². The van der Waals surface area contributed by atoms with Crippen molar-refractivity contribution in [3.63, 3.8) is 0 Å². The van der Waals surface area contributed by atoms with Crippen LogP contribution in [0.3, 0.4) is 0 Å². The number of ether oxygens (including phenoxy) is 4. The third kappa shape index (κ3) is 10.2. The summed E-state index contributed by atoms with van der Waals surface area (Å²) in [4.78, 5) is 36.6. The number of hydrogen-bond acceptors (Lipinski definition) is 11. The van der Waals surface area contributed by atoms with Gasteiger partial charge in [0.25, 0.3) is 5.69 Å². The number of carbonyl (C=O) groups is 2. The first-order valence-electron chi connectivity index (χ1n) is 13.9. The van der Waals surface area contributed by atoms with Gasteiger partial charge in [0.1, 0.15) is 29.9 Å². The predicted octanol–water partition coefficient (Wildman–Crippen LogP) is 4.98. The van der Waals surface area contributed by atoms with Crippen molar-refractivity contribution in [2.45, 2.75) is 38.0 Å². The fourth-order valence-corrected chi connectivity index (χ4v) is 4.88. The molecule has 0 saturated carbocycles. The number of halogens is 5. The molecule has 0 aromatic heterocycles. The number of rotatable bonds is 15. The maximum Gasteiger partial charge on any atom is 0.431 e. The summed E-state index contributed by atoms with van der Waals surface area (Å²) in [6.45, 7) is 1.91. The van der Waals surface area contributed by atoms with Crippen LogP contribution in [0.2, 0.25) is 5.02 Å². The van der Waals surface area contributed by atoms with Gasteiger partial charge in [-0.2, -0.15) is 13.2 Å². The second kappa shape index (κ2) is 17.8. The summed E-state index contributed by atoms with van der Waals surface area (Å²) in [5.74, 6) is -3.91. The molecule has 1 heterocycles. The number of methoxy groups -OCH3 is 2. The maximum absolute atomic E-state index is 14.2. The van der Waals surface area contributed by atoms with E-state index in [1.807, 2.05) is 0 Å². The zero-order valence-electron chi connectivity index (χ0n) is 25.5. The lowest BCUT2D eigenvalue weighted by Crippen LogP contribution is -2.38. The highest BCUT2D eigenvalue weighted by atomic mass is 35.5. The monoisotopic (exact) mass is 707 g/mol. The molecule has 2 aromatic rings. The van der Waals surface area contributed by atoms with E-state index in [-0.39, 0.29) is 54.7 Å². The summed E-state index contributed by atoms with van der Waals surface area (Å²) in [5.41, 5.74) is -3.90. The van der Waals surface area contributed by atoms with E-state index in [0.29, 0.717) is 30.2 Å². The number of nitrogens with zero attached hydrogens (tertiary/aromatic N) is 1. The molecule has 0 radical (unpaired) electrons. The Kier molecular flexibility index (Phi) is 14.8. The number of dihydropyridines is 1. The van der Waals surface area contributed by atoms with E-state index in [1.165, 1.54) is 13.0 Å². The molecule has 3 N–H and O–H groups in total. The molecule has 0 aliphatic carbocycles. The number of allylic oxidation sites excluding steroid dienone is 2. The number of nitrogens with one attached hydrogen (secondary N) is 2. The van der Waals surface area contributed by atoms with Crippen molar-refractivity contribution >= 4 is 41.6 Å². The first-order chi connectivity index (χ1) is 21.8. The number of aliphatic hydroxyl groups is 1. The number of aliphatic hydroxyl groups excluding tert-OH is 1. The number of nitro groups is 1. The minimum absolute atomic E-state index is 0. The van der Waals surface area contributed by atoms with Crippen LogP contribution in [0.1, 0.15) is 31.2 Å². The second-order valence-electron chi connectivity index (χ2n) is 10.0. The van der Waals surface area contributed by atoms with Crippen LogP contribution in [0, 0.1) is 10.1 Å². The Labute approximate surface area is 279 Å². The summed E-state index contributed by atoms with van der Waals surface area (Å²) < 4.78 is 63.3. The molecule has 3 rings (SSSR count). The van der Waals surface area contributed by atoms with E-state index in [1.54, 1.807) is 24.3 Å². The van der Waals surface area contributed by atoms with Crippen LogP contribution in [-0.4, -0.2) is 74.8 Å². The molecule has 0 spiro atoms. The van der Waals surface area contributed by atoms with Crippen LogP contribution in [0.4, 0.5) is 18.9 Å². The summed E-state index contributed by atoms with van der Waals surface area (Å²) in [6.07, 6.45) is -4.94. The summed E-state index contributed by atoms with van der Waals surface area (Å²) in [7, 11) is 1.87. The van der Waals surface area contributed by atoms with Crippen LogP contribution in [0.15, 0.2) is 65.0 Å². The fourth-order valence-electron chi connectivity index (χ4n) is 4.69. The van der Waals surface area contributed by atoms with E-state index in [4.69, 9.17) is 25.8 Å². The van der Waals surface area contributed by atoms with E-state index in [2.05, 4.69) is 15.4 Å². The predicted molar refractivity (Wildman–Crippen MR) is 167 cm³/mol. The number of nitro benzene ring substituents is 1. The van der Waals surface area contributed by atoms with Crippen molar-refractivity contribution in [1.29, 1.82) is 0 Å². The van der Waals surface area contributed by atoms with Crippen LogP contribution < -0.4 is 20.1 Å². The number of non-ortho nitro benzene ring substituents is 1. The highest BCUT2D eigenvalue weighted by molar-refractivity contribution is 6.32. The Morgan fingerprint density at radius 2 is 1.72 bits per heavy atom. The maximum atomic E-state index is 14.2. The molecule has 1 aliphatic heterocycles. The minimum atomic E-state index is -5.09. The van der Waals surface area contributed by atoms with Crippen molar-refractivity contribution in [1.82, 2.24) is 10.6 Å². The molecule has 2 atom stereocenters. The van der Waals surface area contributed by atoms with E-state index < -0.39 is 52.0 Å². The SMILES string of the molecule is COC(=O)C1=C(C)NC(C(F)(F)F)=C(C(=O)OC)C1c1cc([N+](=O)[O-])ccc1OCCCCNCC(O)COc1ccccc1Cl.Cl. The van der Waals surface area contributed by atoms with Gasteiger partial charge < -0.3 is 34.7 Å². The third-order valence-corrected chi connectivity index (χ3v) is 7.14. The lowest BCUT2D eigenvalue weighted by Gasteiger charge is -2.32. The van der Waals surface area contributed by atoms with E-state index in [0.717, 1.165) is 26.4 Å². The first-order valence-corrected chi connectivity index (χ1v) is 14.3. The van der Waals surface area contributed by atoms with Crippen molar-refractivity contribution in [2.75, 3.05) is 40.5 Å². The first kappa shape index (κ1) is 39.1. The molecule has 2 unspecified atom stereocenters. The van der Waals surface area contributed by atoms with Gasteiger partial charge in [0.15, 0.2) is 0 Å². The number of unbranched alkanes of at least 4 members (excludes halogenated alkanes) is 1. The van der Waals surface area contributed by atoms with Crippen LogP contribution in [0.5, 0.6) is 11.5 Å². The van der Waals surface area contributed by atoms with Gasteiger partial charge in [0.05, 0.1) is 47.8 Å². The van der Waals surface area contributed by atoms with Gasteiger partial charge in [-0.25, -0.2) is 9.59 Å². The van der Waals surface area contributed by atoms with Crippen molar-refractivity contribution < 1.29 is 51.7 Å². The smallest absolute Gasteiger partial charge is 0.431 e. The highest BCUT2D eigenvalue weighted by Gasteiger charge is 2.48. The number of para-hydroxylation sites is 1. The molecule has 1 aliphatic rings. The lowest BCUT2D eigenvalue weighted by molar-refractivity contribution is -0.384. The number of alkyl halides is 3. The highest BCUT2D eigenvalue weighted by Crippen LogP contribution is 2.46.